The van der Waals surface area contributed by atoms with E-state index in [4.69, 9.17) is 11.6 Å². The van der Waals surface area contributed by atoms with Gasteiger partial charge in [0.1, 0.15) is 0 Å². The highest BCUT2D eigenvalue weighted by molar-refractivity contribution is 6.30. The minimum Gasteiger partial charge on any atom is -0.371 e. The van der Waals surface area contributed by atoms with Gasteiger partial charge >= 0.3 is 0 Å². The van der Waals surface area contributed by atoms with Crippen molar-refractivity contribution in [1.82, 2.24) is 4.90 Å². The average molecular weight is 324 g/mol. The fraction of sp³-hybridized carbons (Fsp3) is 0.333. The lowest BCUT2D eigenvalue weighted by Crippen LogP contribution is -2.31. The fourth-order valence-electron chi connectivity index (χ4n) is 3.72. The van der Waals surface area contributed by atoms with Gasteiger partial charge in [-0.25, -0.2) is 0 Å². The summed E-state index contributed by atoms with van der Waals surface area (Å²) in [6.45, 7) is 4.64. The van der Waals surface area contributed by atoms with E-state index in [1.165, 1.54) is 40.8 Å². The van der Waals surface area contributed by atoms with Gasteiger partial charge in [0.15, 0.2) is 0 Å². The lowest BCUT2D eigenvalue weighted by molar-refractivity contribution is 0.269. The summed E-state index contributed by atoms with van der Waals surface area (Å²) in [5.41, 5.74) is 6.77. The van der Waals surface area contributed by atoms with E-state index in [1.54, 1.807) is 0 Å². The minimum absolute atomic E-state index is 0.825. The first-order valence-electron chi connectivity index (χ1n) is 8.54. The van der Waals surface area contributed by atoms with Crippen LogP contribution in [-0.2, 0) is 6.42 Å². The van der Waals surface area contributed by atoms with E-state index in [2.05, 4.69) is 54.3 Å². The van der Waals surface area contributed by atoms with Gasteiger partial charge in [0, 0.05) is 29.4 Å². The largest absolute Gasteiger partial charge is 0.371 e. The fourth-order valence-corrected chi connectivity index (χ4v) is 3.89. The van der Waals surface area contributed by atoms with Gasteiger partial charge in [-0.2, -0.15) is 0 Å². The van der Waals surface area contributed by atoms with Crippen molar-refractivity contribution in [3.05, 3.63) is 69.7 Å². The normalized spacial score (nSPS) is 18.0. The second-order valence-corrected chi connectivity index (χ2v) is 7.31. The third kappa shape index (κ3) is 2.90. The Morgan fingerprint density at radius 2 is 1.78 bits per heavy atom. The molecule has 1 nitrogen and oxygen atoms in total. The van der Waals surface area contributed by atoms with Crippen molar-refractivity contribution < 1.29 is 0 Å². The number of piperidine rings is 1. The molecular formula is C21H22ClN. The number of hydrogen-bond acceptors (Lipinski definition) is 1. The Hall–Kier alpha value is -1.73. The molecule has 2 aliphatic rings. The van der Waals surface area contributed by atoms with Crippen LogP contribution in [0.25, 0.3) is 11.8 Å². The molecule has 0 atom stereocenters. The molecule has 1 aliphatic carbocycles. The van der Waals surface area contributed by atoms with Crippen molar-refractivity contribution in [2.75, 3.05) is 13.1 Å². The summed E-state index contributed by atoms with van der Waals surface area (Å²) in [5, 5.41) is 0.825. The van der Waals surface area contributed by atoms with Crippen molar-refractivity contribution in [2.45, 2.75) is 26.2 Å². The van der Waals surface area contributed by atoms with Crippen LogP contribution in [0.2, 0.25) is 5.02 Å². The molecule has 2 aromatic rings. The molecule has 1 saturated heterocycles. The second-order valence-electron chi connectivity index (χ2n) is 6.88. The Morgan fingerprint density at radius 3 is 2.61 bits per heavy atom. The summed E-state index contributed by atoms with van der Waals surface area (Å²) in [6, 6.07) is 15.1. The highest BCUT2D eigenvalue weighted by Gasteiger charge is 2.23. The average Bonchev–Trinajstić information content (AvgIpc) is 2.72. The van der Waals surface area contributed by atoms with Gasteiger partial charge < -0.3 is 4.90 Å². The van der Waals surface area contributed by atoms with Gasteiger partial charge in [-0.05, 0) is 60.1 Å². The summed E-state index contributed by atoms with van der Waals surface area (Å²) in [5.74, 6) is 0.837. The van der Waals surface area contributed by atoms with E-state index in [0.717, 1.165) is 30.5 Å². The minimum atomic E-state index is 0.825. The number of hydrogen-bond donors (Lipinski definition) is 0. The van der Waals surface area contributed by atoms with Gasteiger partial charge in [-0.3, -0.25) is 0 Å². The van der Waals surface area contributed by atoms with Crippen LogP contribution in [0, 0.1) is 5.92 Å². The lowest BCUT2D eigenvalue weighted by Gasteiger charge is -2.34. The molecule has 23 heavy (non-hydrogen) atoms. The van der Waals surface area contributed by atoms with Crippen molar-refractivity contribution in [3.8, 4) is 0 Å². The maximum Gasteiger partial charge on any atom is 0.0449 e. The molecule has 0 unspecified atom stereocenters. The van der Waals surface area contributed by atoms with Crippen LogP contribution < -0.4 is 0 Å². The van der Waals surface area contributed by atoms with Crippen LogP contribution in [0.15, 0.2) is 42.5 Å². The molecule has 0 radical (unpaired) electrons. The molecule has 0 bridgehead atoms. The van der Waals surface area contributed by atoms with E-state index in [0.29, 0.717) is 0 Å². The molecule has 1 heterocycles. The van der Waals surface area contributed by atoms with Crippen LogP contribution in [0.3, 0.4) is 0 Å². The predicted octanol–water partition coefficient (Wildman–Crippen LogP) is 5.47. The Kier molecular flexibility index (Phi) is 3.90. The number of benzene rings is 2. The number of fused-ring (bicyclic) bond motifs is 2. The first-order valence-corrected chi connectivity index (χ1v) is 8.92. The van der Waals surface area contributed by atoms with E-state index in [1.807, 2.05) is 6.07 Å². The molecule has 1 fully saturated rings. The smallest absolute Gasteiger partial charge is 0.0449 e. The molecule has 0 N–H and O–H groups in total. The molecule has 2 aromatic carbocycles. The standard InChI is InChI=1S/C21H22ClN/c1-15-8-10-23(11-9-15)21-13-17-5-3-2-4-16(17)12-18-6-7-19(22)14-20(18)21/h2-7,13-15H,8-12H2,1H3. The van der Waals surface area contributed by atoms with Gasteiger partial charge in [0.05, 0.1) is 0 Å². The molecular weight excluding hydrogens is 302 g/mol. The third-order valence-corrected chi connectivity index (χ3v) is 5.44. The highest BCUT2D eigenvalue weighted by atomic mass is 35.5. The Bertz CT molecular complexity index is 754. The summed E-state index contributed by atoms with van der Waals surface area (Å²) in [6.07, 6.45) is 5.89. The first-order chi connectivity index (χ1) is 11.2. The zero-order valence-electron chi connectivity index (χ0n) is 13.6. The molecule has 0 saturated carbocycles. The first kappa shape index (κ1) is 14.8. The number of rotatable bonds is 1. The molecule has 0 amide bonds. The van der Waals surface area contributed by atoms with Crippen molar-refractivity contribution in [1.29, 1.82) is 0 Å². The van der Waals surface area contributed by atoms with Crippen molar-refractivity contribution in [2.24, 2.45) is 5.92 Å². The SMILES string of the molecule is CC1CCN(C2=Cc3ccccc3Cc3ccc(Cl)cc32)CC1. The zero-order chi connectivity index (χ0) is 15.8. The van der Waals surface area contributed by atoms with E-state index in [-0.39, 0.29) is 0 Å². The zero-order valence-corrected chi connectivity index (χ0v) is 14.3. The predicted molar refractivity (Wildman–Crippen MR) is 98.5 cm³/mol. The maximum atomic E-state index is 6.32. The van der Waals surface area contributed by atoms with Gasteiger partial charge in [0.25, 0.3) is 0 Å². The van der Waals surface area contributed by atoms with Gasteiger partial charge in [0.2, 0.25) is 0 Å². The highest BCUT2D eigenvalue weighted by Crippen LogP contribution is 2.35. The van der Waals surface area contributed by atoms with Crippen LogP contribution in [0.1, 0.15) is 42.0 Å². The number of nitrogens with zero attached hydrogens (tertiary/aromatic N) is 1. The van der Waals surface area contributed by atoms with Crippen LogP contribution >= 0.6 is 11.6 Å². The molecule has 2 heteroatoms. The second kappa shape index (κ2) is 6.05. The van der Waals surface area contributed by atoms with Gasteiger partial charge in [-0.15, -0.1) is 0 Å². The monoisotopic (exact) mass is 323 g/mol. The van der Waals surface area contributed by atoms with Crippen LogP contribution in [-0.4, -0.2) is 18.0 Å². The molecule has 0 spiro atoms. The summed E-state index contributed by atoms with van der Waals surface area (Å²) >= 11 is 6.32. The molecule has 1 aliphatic heterocycles. The maximum absolute atomic E-state index is 6.32. The summed E-state index contributed by atoms with van der Waals surface area (Å²) in [4.78, 5) is 2.55. The van der Waals surface area contributed by atoms with Gasteiger partial charge in [-0.1, -0.05) is 48.9 Å². The topological polar surface area (TPSA) is 3.24 Å². The summed E-state index contributed by atoms with van der Waals surface area (Å²) in [7, 11) is 0. The van der Waals surface area contributed by atoms with Crippen molar-refractivity contribution >= 4 is 23.4 Å². The lowest BCUT2D eigenvalue weighted by atomic mass is 9.96. The molecule has 118 valence electrons. The number of halogens is 1. The summed E-state index contributed by atoms with van der Waals surface area (Å²) < 4.78 is 0. The van der Waals surface area contributed by atoms with E-state index >= 15 is 0 Å². The van der Waals surface area contributed by atoms with Crippen LogP contribution in [0.4, 0.5) is 0 Å². The Balaban J connectivity index is 1.84. The van der Waals surface area contributed by atoms with E-state index in [9.17, 15) is 0 Å². The number of likely N-dealkylation sites (tertiary alicyclic amines) is 1. The molecule has 4 rings (SSSR count). The Labute approximate surface area is 143 Å². The van der Waals surface area contributed by atoms with Crippen molar-refractivity contribution in [3.63, 3.8) is 0 Å². The van der Waals surface area contributed by atoms with E-state index < -0.39 is 0 Å². The van der Waals surface area contributed by atoms with Crippen LogP contribution in [0.5, 0.6) is 0 Å². The Morgan fingerprint density at radius 1 is 1.00 bits per heavy atom. The molecule has 0 aromatic heterocycles. The quantitative estimate of drug-likeness (QED) is 0.672. The third-order valence-electron chi connectivity index (χ3n) is 5.20.